The van der Waals surface area contributed by atoms with E-state index >= 15 is 0 Å². The standard InChI is InChI=1S/C23H24ClNO5.C6H8O7/c1-25-9-8-14(16(25)12-26)21-19(28-2)11-20(29-3)22-17(27)10-18(30-23(21)22)13-6-4-5-7-15(13)24;7-3(8)1-6(13,5(11)12)2-4(9)10/h4-7,10-11,14,16,26H,8-9,12H2,1-3H3;13H,1-2H2,(H,7,8)(H,9,10)(H,11,12). The summed E-state index contributed by atoms with van der Waals surface area (Å²) >= 11 is 6.36. The minimum absolute atomic E-state index is 0.00766. The maximum Gasteiger partial charge on any atom is 0.336 e. The van der Waals surface area contributed by atoms with E-state index in [-0.39, 0.29) is 24.0 Å². The highest BCUT2D eigenvalue weighted by atomic mass is 35.5. The summed E-state index contributed by atoms with van der Waals surface area (Å²) in [7, 11) is 5.06. The molecular formula is C29H32ClNO12. The molecule has 14 heteroatoms. The van der Waals surface area contributed by atoms with Crippen LogP contribution in [0.25, 0.3) is 22.3 Å². The first-order valence-corrected chi connectivity index (χ1v) is 13.3. The second-order valence-electron chi connectivity index (χ2n) is 9.96. The zero-order valence-electron chi connectivity index (χ0n) is 23.6. The molecule has 0 radical (unpaired) electrons. The molecule has 5 N–H and O–H groups in total. The van der Waals surface area contributed by atoms with Gasteiger partial charge in [0.15, 0.2) is 11.0 Å². The number of hydrogen-bond acceptors (Lipinski definition) is 10. The Labute approximate surface area is 250 Å². The van der Waals surface area contributed by atoms with Crippen LogP contribution in [0.5, 0.6) is 11.5 Å². The van der Waals surface area contributed by atoms with Gasteiger partial charge in [0.05, 0.1) is 38.7 Å². The first kappa shape index (κ1) is 33.3. The number of rotatable bonds is 10. The molecule has 2 aromatic carbocycles. The van der Waals surface area contributed by atoms with Crippen molar-refractivity contribution in [3.63, 3.8) is 0 Å². The number of methoxy groups -OCH3 is 2. The van der Waals surface area contributed by atoms with E-state index < -0.39 is 36.4 Å². The van der Waals surface area contributed by atoms with Crippen molar-refractivity contribution in [3.8, 4) is 22.8 Å². The fourth-order valence-corrected chi connectivity index (χ4v) is 5.33. The number of aliphatic hydroxyl groups is 2. The maximum atomic E-state index is 13.2. The molecule has 0 bridgehead atoms. The van der Waals surface area contributed by atoms with Crippen LogP contribution in [0.3, 0.4) is 0 Å². The van der Waals surface area contributed by atoms with Gasteiger partial charge in [-0.1, -0.05) is 23.7 Å². The largest absolute Gasteiger partial charge is 0.496 e. The first-order valence-electron chi connectivity index (χ1n) is 13.0. The highest BCUT2D eigenvalue weighted by Crippen LogP contribution is 2.45. The summed E-state index contributed by atoms with van der Waals surface area (Å²) in [4.78, 5) is 45.8. The van der Waals surface area contributed by atoms with E-state index in [1.54, 1.807) is 19.2 Å². The van der Waals surface area contributed by atoms with E-state index in [1.165, 1.54) is 13.2 Å². The monoisotopic (exact) mass is 621 g/mol. The third-order valence-corrected chi connectivity index (χ3v) is 7.54. The molecule has 1 fully saturated rings. The molecule has 2 heterocycles. The summed E-state index contributed by atoms with van der Waals surface area (Å²) in [6.07, 6.45) is -1.48. The molecule has 1 aliphatic rings. The molecule has 232 valence electrons. The first-order chi connectivity index (χ1) is 20.3. The Hall–Kier alpha value is -4.17. The minimum Gasteiger partial charge on any atom is -0.496 e. The van der Waals surface area contributed by atoms with Gasteiger partial charge in [0, 0.05) is 35.2 Å². The fraction of sp³-hybridized carbons (Fsp3) is 0.379. The van der Waals surface area contributed by atoms with E-state index in [0.29, 0.717) is 38.8 Å². The van der Waals surface area contributed by atoms with Crippen molar-refractivity contribution in [2.24, 2.45) is 0 Å². The smallest absolute Gasteiger partial charge is 0.336 e. The molecule has 0 spiro atoms. The fourth-order valence-electron chi connectivity index (χ4n) is 5.10. The number of ether oxygens (including phenoxy) is 2. The number of likely N-dealkylation sites (tertiary alicyclic amines) is 1. The van der Waals surface area contributed by atoms with E-state index in [4.69, 9.17) is 45.9 Å². The third kappa shape index (κ3) is 7.25. The average Bonchev–Trinajstić information content (AvgIpc) is 3.31. The maximum absolute atomic E-state index is 13.2. The van der Waals surface area contributed by atoms with E-state index in [9.17, 15) is 24.3 Å². The second kappa shape index (κ2) is 13.9. The van der Waals surface area contributed by atoms with Gasteiger partial charge in [-0.05, 0) is 32.1 Å². The van der Waals surface area contributed by atoms with Gasteiger partial charge in [0.1, 0.15) is 28.2 Å². The number of nitrogens with zero attached hydrogens (tertiary/aromatic N) is 1. The predicted molar refractivity (Wildman–Crippen MR) is 154 cm³/mol. The summed E-state index contributed by atoms with van der Waals surface area (Å²) in [5.41, 5.74) is -1.15. The van der Waals surface area contributed by atoms with E-state index in [2.05, 4.69) is 4.90 Å². The Morgan fingerprint density at radius 1 is 1.05 bits per heavy atom. The zero-order chi connectivity index (χ0) is 32.1. The molecule has 3 aromatic rings. The quantitative estimate of drug-likeness (QED) is 0.221. The summed E-state index contributed by atoms with van der Waals surface area (Å²) in [5, 5.41) is 44.7. The summed E-state index contributed by atoms with van der Waals surface area (Å²) in [6, 6.07) is 10.3. The van der Waals surface area contributed by atoms with Gasteiger partial charge in [-0.3, -0.25) is 14.4 Å². The Morgan fingerprint density at radius 3 is 2.16 bits per heavy atom. The van der Waals surface area contributed by atoms with Crippen molar-refractivity contribution in [2.45, 2.75) is 36.8 Å². The number of carbonyl (C=O) groups is 3. The molecule has 13 nitrogen and oxygen atoms in total. The molecule has 2 atom stereocenters. The molecule has 0 amide bonds. The van der Waals surface area contributed by atoms with Crippen LogP contribution in [0, 0.1) is 0 Å². The van der Waals surface area contributed by atoms with E-state index in [0.717, 1.165) is 18.5 Å². The second-order valence-corrected chi connectivity index (χ2v) is 10.4. The predicted octanol–water partition coefficient (Wildman–Crippen LogP) is 2.66. The Kier molecular flexibility index (Phi) is 10.8. The average molecular weight is 622 g/mol. The number of aliphatic hydroxyl groups excluding tert-OH is 1. The zero-order valence-corrected chi connectivity index (χ0v) is 24.3. The lowest BCUT2D eigenvalue weighted by Gasteiger charge is -2.25. The van der Waals surface area contributed by atoms with Crippen molar-refractivity contribution in [1.82, 2.24) is 4.90 Å². The van der Waals surface area contributed by atoms with Crippen molar-refractivity contribution >= 4 is 40.5 Å². The van der Waals surface area contributed by atoms with Crippen LogP contribution in [0.1, 0.15) is 30.7 Å². The number of likely N-dealkylation sites (N-methyl/N-ethyl adjacent to an activating group) is 1. The summed E-state index contributed by atoms with van der Waals surface area (Å²) in [6.45, 7) is 0.813. The molecular weight excluding hydrogens is 590 g/mol. The molecule has 4 rings (SSSR count). The van der Waals surface area contributed by atoms with Gasteiger partial charge in [-0.2, -0.15) is 0 Å². The summed E-state index contributed by atoms with van der Waals surface area (Å²) in [5.74, 6) is -3.75. The molecule has 1 aromatic heterocycles. The molecule has 43 heavy (non-hydrogen) atoms. The van der Waals surface area contributed by atoms with Crippen LogP contribution < -0.4 is 14.9 Å². The van der Waals surface area contributed by atoms with Crippen LogP contribution in [0.15, 0.2) is 45.6 Å². The Bertz CT molecular complexity index is 1550. The van der Waals surface area contributed by atoms with Gasteiger partial charge in [-0.25, -0.2) is 4.79 Å². The lowest BCUT2D eigenvalue weighted by atomic mass is 9.89. The number of fused-ring (bicyclic) bond motifs is 1. The number of halogens is 1. The van der Waals surface area contributed by atoms with Gasteiger partial charge >= 0.3 is 17.9 Å². The van der Waals surface area contributed by atoms with Crippen LogP contribution in [0.4, 0.5) is 0 Å². The summed E-state index contributed by atoms with van der Waals surface area (Å²) < 4.78 is 17.5. The number of benzene rings is 2. The van der Waals surface area contributed by atoms with Crippen LogP contribution >= 0.6 is 11.6 Å². The van der Waals surface area contributed by atoms with Crippen LogP contribution in [-0.4, -0.2) is 94.4 Å². The van der Waals surface area contributed by atoms with Gasteiger partial charge < -0.3 is 44.3 Å². The molecule has 1 saturated heterocycles. The number of carboxylic acid groups (broad SMARTS) is 3. The number of hydrogen-bond donors (Lipinski definition) is 5. The van der Waals surface area contributed by atoms with Gasteiger partial charge in [-0.15, -0.1) is 0 Å². The van der Waals surface area contributed by atoms with Gasteiger partial charge in [0.25, 0.3) is 0 Å². The highest BCUT2D eigenvalue weighted by Gasteiger charge is 2.41. The molecule has 2 unspecified atom stereocenters. The van der Waals surface area contributed by atoms with Crippen molar-refractivity contribution in [3.05, 3.63) is 57.2 Å². The Morgan fingerprint density at radius 2 is 1.65 bits per heavy atom. The topological polar surface area (TPSA) is 204 Å². The highest BCUT2D eigenvalue weighted by molar-refractivity contribution is 6.33. The molecule has 1 aliphatic heterocycles. The third-order valence-electron chi connectivity index (χ3n) is 7.21. The lowest BCUT2D eigenvalue weighted by Crippen LogP contribution is -2.42. The van der Waals surface area contributed by atoms with Crippen LogP contribution in [-0.2, 0) is 14.4 Å². The van der Waals surface area contributed by atoms with E-state index in [1.807, 2.05) is 25.2 Å². The lowest BCUT2D eigenvalue weighted by molar-refractivity contribution is -0.170. The van der Waals surface area contributed by atoms with Crippen LogP contribution in [0.2, 0.25) is 5.02 Å². The number of carboxylic acids is 3. The van der Waals surface area contributed by atoms with Crippen molar-refractivity contribution < 1.29 is 53.8 Å². The SMILES string of the molecule is COc1cc(OC)c2c(=O)cc(-c3ccccc3Cl)oc2c1C1CCN(C)C1CO.O=C(O)CC(O)(CC(=O)O)C(=O)O. The normalized spacial score (nSPS) is 16.8. The molecule has 0 aliphatic carbocycles. The van der Waals surface area contributed by atoms with Gasteiger partial charge in [0.2, 0.25) is 0 Å². The Balaban J connectivity index is 0.000000331. The minimum atomic E-state index is -2.74. The molecule has 0 saturated carbocycles. The van der Waals surface area contributed by atoms with Crippen molar-refractivity contribution in [1.29, 1.82) is 0 Å². The van der Waals surface area contributed by atoms with Crippen molar-refractivity contribution in [2.75, 3.05) is 34.4 Å². The number of aliphatic carboxylic acids is 3.